The topological polar surface area (TPSA) is 44.8 Å². The molecule has 0 saturated carbocycles. The molecule has 2 rings (SSSR count). The van der Waals surface area contributed by atoms with Crippen LogP contribution in [0.4, 0.5) is 0 Å². The van der Waals surface area contributed by atoms with E-state index in [1.54, 1.807) is 0 Å². The maximum absolute atomic E-state index is 11.5. The molecule has 0 spiro atoms. The maximum atomic E-state index is 11.5. The quantitative estimate of drug-likeness (QED) is 0.601. The van der Waals surface area contributed by atoms with Crippen molar-refractivity contribution in [3.05, 3.63) is 48.0 Å². The van der Waals surface area contributed by atoms with E-state index in [-0.39, 0.29) is 0 Å². The van der Waals surface area contributed by atoms with Crippen LogP contribution in [0.15, 0.2) is 42.5 Å². The summed E-state index contributed by atoms with van der Waals surface area (Å²) in [5.74, 6) is -0.405. The number of esters is 1. The molecule has 1 aliphatic heterocycles. The summed E-state index contributed by atoms with van der Waals surface area (Å²) in [4.78, 5) is 11.5. The number of benzene rings is 1. The fourth-order valence-corrected chi connectivity index (χ4v) is 1.77. The van der Waals surface area contributed by atoms with Crippen molar-refractivity contribution in [1.82, 2.24) is 0 Å². The Kier molecular flexibility index (Phi) is 4.50. The van der Waals surface area contributed by atoms with Gasteiger partial charge in [-0.2, -0.15) is 0 Å². The summed E-state index contributed by atoms with van der Waals surface area (Å²) in [6.45, 7) is 0.845. The van der Waals surface area contributed by atoms with Gasteiger partial charge >= 0.3 is 5.97 Å². The first-order chi connectivity index (χ1) is 8.81. The Labute approximate surface area is 106 Å². The summed E-state index contributed by atoms with van der Waals surface area (Å²) in [6.07, 6.45) is 2.61. The second-order valence-electron chi connectivity index (χ2n) is 3.97. The molecular weight excluding hydrogens is 232 g/mol. The second-order valence-corrected chi connectivity index (χ2v) is 3.97. The molecule has 4 heteroatoms. The van der Waals surface area contributed by atoms with Gasteiger partial charge in [-0.3, -0.25) is 0 Å². The van der Waals surface area contributed by atoms with Crippen LogP contribution in [0.2, 0.25) is 0 Å². The van der Waals surface area contributed by atoms with Gasteiger partial charge in [0.1, 0.15) is 6.10 Å². The van der Waals surface area contributed by atoms with Crippen LogP contribution in [0.25, 0.3) is 0 Å². The molecular formula is C14H16O4. The van der Waals surface area contributed by atoms with E-state index in [4.69, 9.17) is 14.2 Å². The third kappa shape index (κ3) is 3.18. The lowest BCUT2D eigenvalue weighted by Crippen LogP contribution is -2.40. The predicted molar refractivity (Wildman–Crippen MR) is 65.9 cm³/mol. The Morgan fingerprint density at radius 3 is 2.89 bits per heavy atom. The van der Waals surface area contributed by atoms with Gasteiger partial charge in [0.2, 0.25) is 0 Å². The first-order valence-corrected chi connectivity index (χ1v) is 5.83. The fraction of sp³-hybridized carbons (Fsp3) is 0.357. The van der Waals surface area contributed by atoms with Crippen LogP contribution in [0.3, 0.4) is 0 Å². The van der Waals surface area contributed by atoms with Crippen molar-refractivity contribution in [3.8, 4) is 0 Å². The minimum Gasteiger partial charge on any atom is -0.467 e. The summed E-state index contributed by atoms with van der Waals surface area (Å²) >= 11 is 0. The normalized spacial score (nSPS) is 22.7. The van der Waals surface area contributed by atoms with Gasteiger partial charge in [-0.15, -0.1) is 0 Å². The number of hydrogen-bond donors (Lipinski definition) is 0. The molecule has 0 saturated heterocycles. The van der Waals surface area contributed by atoms with Gasteiger partial charge in [-0.25, -0.2) is 4.79 Å². The summed E-state index contributed by atoms with van der Waals surface area (Å²) in [6, 6.07) is 9.79. The molecule has 0 amide bonds. The van der Waals surface area contributed by atoms with Gasteiger partial charge in [-0.05, 0) is 5.56 Å². The van der Waals surface area contributed by atoms with Crippen molar-refractivity contribution in [2.24, 2.45) is 0 Å². The highest BCUT2D eigenvalue weighted by atomic mass is 16.6. The zero-order chi connectivity index (χ0) is 12.8. The Morgan fingerprint density at radius 2 is 2.17 bits per heavy atom. The Balaban J connectivity index is 1.96. The number of carbonyl (C=O) groups excluding carboxylic acids is 1. The highest BCUT2D eigenvalue weighted by Gasteiger charge is 2.31. The molecule has 0 bridgehead atoms. The minimum absolute atomic E-state index is 0.397. The van der Waals surface area contributed by atoms with Crippen LogP contribution in [0.5, 0.6) is 0 Å². The molecule has 0 radical (unpaired) electrons. The number of hydrogen-bond acceptors (Lipinski definition) is 4. The van der Waals surface area contributed by atoms with E-state index in [0.29, 0.717) is 13.2 Å². The molecule has 0 aromatic heterocycles. The standard InChI is InChI=1S/C14H16O4/c1-16-14(15)13-12(8-5-9-17-13)18-10-11-6-3-2-4-7-11/h2-8,12-13H,9-10H2,1H3/t12-,13+/m1/s1. The van der Waals surface area contributed by atoms with Gasteiger partial charge in [0, 0.05) is 0 Å². The van der Waals surface area contributed by atoms with Gasteiger partial charge < -0.3 is 14.2 Å². The van der Waals surface area contributed by atoms with Gasteiger partial charge in [0.25, 0.3) is 0 Å². The first-order valence-electron chi connectivity index (χ1n) is 5.83. The van der Waals surface area contributed by atoms with Crippen LogP contribution in [0, 0.1) is 0 Å². The summed E-state index contributed by atoms with van der Waals surface area (Å²) in [5.41, 5.74) is 1.06. The average molecular weight is 248 g/mol. The third-order valence-corrected chi connectivity index (χ3v) is 2.71. The lowest BCUT2D eigenvalue weighted by Gasteiger charge is -2.25. The van der Waals surface area contributed by atoms with Crippen molar-refractivity contribution < 1.29 is 19.0 Å². The zero-order valence-electron chi connectivity index (χ0n) is 10.2. The van der Waals surface area contributed by atoms with Crippen molar-refractivity contribution >= 4 is 5.97 Å². The van der Waals surface area contributed by atoms with Gasteiger partial charge in [-0.1, -0.05) is 42.5 Å². The van der Waals surface area contributed by atoms with E-state index < -0.39 is 18.2 Å². The van der Waals surface area contributed by atoms with Crippen molar-refractivity contribution in [2.45, 2.75) is 18.8 Å². The lowest BCUT2D eigenvalue weighted by molar-refractivity contribution is -0.163. The molecule has 1 heterocycles. The third-order valence-electron chi connectivity index (χ3n) is 2.71. The Hall–Kier alpha value is -1.65. The second kappa shape index (κ2) is 6.33. The van der Waals surface area contributed by atoms with E-state index in [0.717, 1.165) is 5.56 Å². The maximum Gasteiger partial charge on any atom is 0.338 e. The molecule has 1 aliphatic rings. The largest absolute Gasteiger partial charge is 0.467 e. The van der Waals surface area contributed by atoms with E-state index in [2.05, 4.69) is 0 Å². The SMILES string of the molecule is COC(=O)[C@H]1OCC=C[C@H]1OCc1ccccc1. The molecule has 1 aromatic carbocycles. The lowest BCUT2D eigenvalue weighted by atomic mass is 10.1. The molecule has 0 fully saturated rings. The predicted octanol–water partition coefficient (Wildman–Crippen LogP) is 1.70. The van der Waals surface area contributed by atoms with Crippen LogP contribution in [-0.2, 0) is 25.6 Å². The molecule has 1 aromatic rings. The number of methoxy groups -OCH3 is 1. The minimum atomic E-state index is -0.677. The van der Waals surface area contributed by atoms with Crippen LogP contribution >= 0.6 is 0 Å². The van der Waals surface area contributed by atoms with E-state index in [1.807, 2.05) is 42.5 Å². The van der Waals surface area contributed by atoms with Crippen LogP contribution < -0.4 is 0 Å². The smallest absolute Gasteiger partial charge is 0.338 e. The van der Waals surface area contributed by atoms with E-state index in [9.17, 15) is 4.79 Å². The van der Waals surface area contributed by atoms with Crippen molar-refractivity contribution in [1.29, 1.82) is 0 Å². The van der Waals surface area contributed by atoms with Gasteiger partial charge in [0.05, 0.1) is 20.3 Å². The van der Waals surface area contributed by atoms with Crippen molar-refractivity contribution in [3.63, 3.8) is 0 Å². The number of carbonyl (C=O) groups is 1. The molecule has 0 unspecified atom stereocenters. The molecule has 96 valence electrons. The molecule has 4 nitrogen and oxygen atoms in total. The number of rotatable bonds is 4. The average Bonchev–Trinajstić information content (AvgIpc) is 2.45. The Bertz CT molecular complexity index is 413. The first kappa shape index (κ1) is 12.8. The number of ether oxygens (including phenoxy) is 3. The molecule has 2 atom stereocenters. The van der Waals surface area contributed by atoms with E-state index >= 15 is 0 Å². The molecule has 18 heavy (non-hydrogen) atoms. The Morgan fingerprint density at radius 1 is 1.39 bits per heavy atom. The summed E-state index contributed by atoms with van der Waals surface area (Å²) < 4.78 is 15.7. The zero-order valence-corrected chi connectivity index (χ0v) is 10.2. The van der Waals surface area contributed by atoms with Crippen LogP contribution in [0.1, 0.15) is 5.56 Å². The highest BCUT2D eigenvalue weighted by molar-refractivity contribution is 5.75. The van der Waals surface area contributed by atoms with Crippen molar-refractivity contribution in [2.75, 3.05) is 13.7 Å². The monoisotopic (exact) mass is 248 g/mol. The summed E-state index contributed by atoms with van der Waals surface area (Å²) in [5, 5.41) is 0. The fourth-order valence-electron chi connectivity index (χ4n) is 1.77. The molecule has 0 N–H and O–H groups in total. The van der Waals surface area contributed by atoms with E-state index in [1.165, 1.54) is 7.11 Å². The summed E-state index contributed by atoms with van der Waals surface area (Å²) in [7, 11) is 1.35. The highest BCUT2D eigenvalue weighted by Crippen LogP contribution is 2.15. The van der Waals surface area contributed by atoms with Crippen LogP contribution in [-0.4, -0.2) is 31.9 Å². The molecule has 0 aliphatic carbocycles. The van der Waals surface area contributed by atoms with Gasteiger partial charge in [0.15, 0.2) is 6.10 Å².